The lowest BCUT2D eigenvalue weighted by molar-refractivity contribution is 0.668. The second-order valence-corrected chi connectivity index (χ2v) is 20.6. The molecule has 8 aromatic heterocycles. The molecule has 82 heavy (non-hydrogen) atoms. The van der Waals surface area contributed by atoms with Crippen molar-refractivity contribution in [2.75, 3.05) is 0 Å². The topological polar surface area (TPSA) is 113 Å². The molecule has 8 heterocycles. The van der Waals surface area contributed by atoms with Gasteiger partial charge in [-0.05, 0) is 77.9 Å². The van der Waals surface area contributed by atoms with Gasteiger partial charge < -0.3 is 13.4 Å². The maximum absolute atomic E-state index is 6.59. The molecule has 0 amide bonds. The Hall–Kier alpha value is -11.4. The molecule has 0 saturated heterocycles. The Bertz CT molecular complexity index is 5260. The molecule has 10 heteroatoms. The minimum atomic E-state index is 0.507. The number of benzene rings is 9. The predicted octanol–water partition coefficient (Wildman–Crippen LogP) is 18.1. The van der Waals surface area contributed by atoms with E-state index in [1.54, 1.807) is 0 Å². The fourth-order valence-electron chi connectivity index (χ4n) is 12.4. The molecule has 17 rings (SSSR count). The predicted molar refractivity (Wildman–Crippen MR) is 329 cm³/mol. The van der Waals surface area contributed by atoms with Crippen LogP contribution in [0.25, 0.3) is 167 Å². The molecule has 0 fully saturated rings. The van der Waals surface area contributed by atoms with Crippen molar-refractivity contribution in [1.82, 2.24) is 39.0 Å². The molecule has 0 radical (unpaired) electrons. The molecule has 0 unspecified atom stereocenters. The molecule has 10 nitrogen and oxygen atoms in total. The van der Waals surface area contributed by atoms with Gasteiger partial charge in [0.25, 0.3) is 0 Å². The van der Waals surface area contributed by atoms with Crippen LogP contribution in [0.4, 0.5) is 0 Å². The van der Waals surface area contributed by atoms with Crippen molar-refractivity contribution in [3.8, 4) is 79.2 Å². The Kier molecular flexibility index (Phi) is 10.1. The number of hydrogen-bond acceptors (Lipinski definition) is 8. The zero-order valence-electron chi connectivity index (χ0n) is 43.6. The minimum Gasteiger partial charge on any atom is -0.456 e. The molecule has 0 N–H and O–H groups in total. The number of para-hydroxylation sites is 4. The molecule has 0 bridgehead atoms. The van der Waals surface area contributed by atoms with Gasteiger partial charge in [0.2, 0.25) is 0 Å². The largest absolute Gasteiger partial charge is 0.456 e. The van der Waals surface area contributed by atoms with Gasteiger partial charge in [0.15, 0.2) is 17.5 Å². The molecule has 17 aromatic rings. The lowest BCUT2D eigenvalue weighted by atomic mass is 9.87. The van der Waals surface area contributed by atoms with Crippen LogP contribution >= 0.6 is 0 Å². The van der Waals surface area contributed by atoms with Crippen molar-refractivity contribution in [1.29, 1.82) is 0 Å². The van der Waals surface area contributed by atoms with E-state index in [1.165, 1.54) is 0 Å². The van der Waals surface area contributed by atoms with Crippen molar-refractivity contribution in [3.05, 3.63) is 255 Å². The quantitative estimate of drug-likeness (QED) is 0.148. The van der Waals surface area contributed by atoms with Crippen molar-refractivity contribution >= 4 is 87.5 Å². The summed E-state index contributed by atoms with van der Waals surface area (Å²) in [5.74, 6) is 2.31. The molecular formula is C72H42N8O2. The van der Waals surface area contributed by atoms with E-state index in [4.69, 9.17) is 38.7 Å². The van der Waals surface area contributed by atoms with Crippen LogP contribution in [-0.2, 0) is 0 Å². The molecule has 0 atom stereocenters. The second-order valence-electron chi connectivity index (χ2n) is 20.6. The average molecular weight is 1050 g/mol. The second kappa shape index (κ2) is 18.1. The third-order valence-electron chi connectivity index (χ3n) is 16.0. The number of fused-ring (bicyclic) bond motifs is 12. The highest BCUT2D eigenvalue weighted by Crippen LogP contribution is 2.51. The first-order valence-electron chi connectivity index (χ1n) is 27.2. The molecular weight excluding hydrogens is 1010 g/mol. The van der Waals surface area contributed by atoms with Crippen molar-refractivity contribution in [2.24, 2.45) is 0 Å². The lowest BCUT2D eigenvalue weighted by Crippen LogP contribution is -2.11. The standard InChI is InChI=1S/C72H42N8O2/c1-3-17-43(18-4-1)69-76-70(44-19-5-2-6-20-44)78-71(77-69)54-26-8-7-25-53(54)66-65(45-31-33-63-55(39-45)51-23-11-15-29-61(51)81-63)72(80-58-28-14-10-22-48(58)50-36-38-74-42-60(50)80)75-67(46-32-34-64-56(40-46)52-24-12-16-30-62(52)82-64)68(66)79-57-27-13-9-21-47(57)49-35-37-73-41-59(49)79/h1-42H. The van der Waals surface area contributed by atoms with E-state index < -0.39 is 0 Å². The van der Waals surface area contributed by atoms with Crippen LogP contribution in [0.5, 0.6) is 0 Å². The zero-order valence-corrected chi connectivity index (χ0v) is 43.6. The molecule has 0 aliphatic heterocycles. The van der Waals surface area contributed by atoms with E-state index >= 15 is 0 Å². The highest BCUT2D eigenvalue weighted by Gasteiger charge is 2.32. The average Bonchev–Trinajstić information content (AvgIpc) is 4.25. The van der Waals surface area contributed by atoms with Gasteiger partial charge in [-0.2, -0.15) is 0 Å². The Balaban J connectivity index is 1.12. The zero-order chi connectivity index (χ0) is 53.8. The van der Waals surface area contributed by atoms with E-state index in [1.807, 2.05) is 110 Å². The summed E-state index contributed by atoms with van der Waals surface area (Å²) in [5, 5.41) is 8.22. The van der Waals surface area contributed by atoms with Crippen LogP contribution in [-0.4, -0.2) is 39.0 Å². The summed E-state index contributed by atoms with van der Waals surface area (Å²) in [4.78, 5) is 32.0. The van der Waals surface area contributed by atoms with Crippen LogP contribution < -0.4 is 0 Å². The Morgan fingerprint density at radius 1 is 0.293 bits per heavy atom. The van der Waals surface area contributed by atoms with Gasteiger partial charge in [-0.1, -0.05) is 164 Å². The highest BCUT2D eigenvalue weighted by molar-refractivity contribution is 6.15. The van der Waals surface area contributed by atoms with E-state index in [-0.39, 0.29) is 0 Å². The first kappa shape index (κ1) is 45.6. The molecule has 0 aliphatic rings. The van der Waals surface area contributed by atoms with Crippen LogP contribution in [0.15, 0.2) is 264 Å². The third-order valence-corrected chi connectivity index (χ3v) is 16.0. The lowest BCUT2D eigenvalue weighted by Gasteiger charge is -2.26. The van der Waals surface area contributed by atoms with Crippen LogP contribution in [0.2, 0.25) is 0 Å². The summed E-state index contributed by atoms with van der Waals surface area (Å²) in [7, 11) is 0. The summed E-state index contributed by atoms with van der Waals surface area (Å²) in [6, 6.07) is 79.6. The normalized spacial score (nSPS) is 11.9. The number of furan rings is 2. The minimum absolute atomic E-state index is 0.507. The monoisotopic (exact) mass is 1050 g/mol. The smallest absolute Gasteiger partial charge is 0.164 e. The summed E-state index contributed by atoms with van der Waals surface area (Å²) >= 11 is 0. The number of aromatic nitrogens is 8. The molecule has 0 aliphatic carbocycles. The van der Waals surface area contributed by atoms with Gasteiger partial charge in [-0.25, -0.2) is 19.9 Å². The first-order valence-corrected chi connectivity index (χ1v) is 27.2. The molecule has 382 valence electrons. The van der Waals surface area contributed by atoms with Crippen LogP contribution in [0.1, 0.15) is 0 Å². The van der Waals surface area contributed by atoms with E-state index in [0.29, 0.717) is 23.3 Å². The van der Waals surface area contributed by atoms with Gasteiger partial charge in [0, 0.05) is 88.9 Å². The van der Waals surface area contributed by atoms with Crippen molar-refractivity contribution < 1.29 is 8.83 Å². The van der Waals surface area contributed by atoms with Crippen molar-refractivity contribution in [3.63, 3.8) is 0 Å². The van der Waals surface area contributed by atoms with E-state index in [0.717, 1.165) is 143 Å². The molecule has 0 spiro atoms. The molecule has 9 aromatic carbocycles. The van der Waals surface area contributed by atoms with Gasteiger partial charge in [-0.3, -0.25) is 14.5 Å². The highest BCUT2D eigenvalue weighted by atomic mass is 16.3. The number of hydrogen-bond donors (Lipinski definition) is 0. The summed E-state index contributed by atoms with van der Waals surface area (Å²) < 4.78 is 17.8. The maximum Gasteiger partial charge on any atom is 0.164 e. The SMILES string of the molecule is c1ccc(-c2nc(-c3ccccc3)nc(-c3ccccc3-c3c(-c4ccc5oc6ccccc6c5c4)c(-n4c5ccccc5c5ccncc54)nc(-c4ccc5oc6ccccc6c5c4)c3-n3c4ccccc4c4ccncc43)n2)cc1. The Labute approximate surface area is 467 Å². The summed E-state index contributed by atoms with van der Waals surface area (Å²) in [6.07, 6.45) is 7.67. The third kappa shape index (κ3) is 7.01. The maximum atomic E-state index is 6.59. The fraction of sp³-hybridized carbons (Fsp3) is 0. The van der Waals surface area contributed by atoms with Crippen LogP contribution in [0.3, 0.4) is 0 Å². The van der Waals surface area contributed by atoms with Gasteiger partial charge in [0.05, 0.1) is 45.8 Å². The Morgan fingerprint density at radius 2 is 0.744 bits per heavy atom. The fourth-order valence-corrected chi connectivity index (χ4v) is 12.4. The summed E-state index contributed by atoms with van der Waals surface area (Å²) in [6.45, 7) is 0. The van der Waals surface area contributed by atoms with E-state index in [9.17, 15) is 0 Å². The van der Waals surface area contributed by atoms with Crippen molar-refractivity contribution in [2.45, 2.75) is 0 Å². The van der Waals surface area contributed by atoms with E-state index in [2.05, 4.69) is 155 Å². The number of rotatable bonds is 8. The Morgan fingerprint density at radius 3 is 1.35 bits per heavy atom. The van der Waals surface area contributed by atoms with Gasteiger partial charge >= 0.3 is 0 Å². The van der Waals surface area contributed by atoms with Crippen LogP contribution in [0, 0.1) is 0 Å². The first-order chi connectivity index (χ1) is 40.7. The number of nitrogens with zero attached hydrogens (tertiary/aromatic N) is 8. The van der Waals surface area contributed by atoms with Gasteiger partial charge in [0.1, 0.15) is 28.1 Å². The van der Waals surface area contributed by atoms with Gasteiger partial charge in [-0.15, -0.1) is 0 Å². The summed E-state index contributed by atoms with van der Waals surface area (Å²) in [5.41, 5.74) is 15.4. The molecule has 0 saturated carbocycles. The number of pyridine rings is 3.